The van der Waals surface area contributed by atoms with Crippen LogP contribution in [0.5, 0.6) is 0 Å². The molecule has 1 atom stereocenters. The van der Waals surface area contributed by atoms with Gasteiger partial charge in [0.1, 0.15) is 0 Å². The molecule has 1 nitrogen and oxygen atoms in total. The van der Waals surface area contributed by atoms with E-state index in [0.29, 0.717) is 0 Å². The lowest BCUT2D eigenvalue weighted by Gasteiger charge is -2.23. The maximum atomic E-state index is 6.22. The maximum Gasteiger partial charge on any atom is 0.0590 e. The topological polar surface area (TPSA) is 12.0 Å². The third-order valence-electron chi connectivity index (χ3n) is 3.54. The van der Waals surface area contributed by atoms with Gasteiger partial charge >= 0.3 is 0 Å². The lowest BCUT2D eigenvalue weighted by atomic mass is 9.93. The van der Waals surface area contributed by atoms with Crippen molar-refractivity contribution in [3.05, 3.63) is 67.1 Å². The van der Waals surface area contributed by atoms with Crippen molar-refractivity contribution in [3.63, 3.8) is 0 Å². The van der Waals surface area contributed by atoms with E-state index in [9.17, 15) is 0 Å². The molecule has 0 bridgehead atoms. The molecule has 0 heterocycles. The molecule has 112 valence electrons. The van der Waals surface area contributed by atoms with E-state index >= 15 is 0 Å². The van der Waals surface area contributed by atoms with Crippen LogP contribution in [0.15, 0.2) is 34.8 Å². The van der Waals surface area contributed by atoms with Gasteiger partial charge in [0.05, 0.1) is 6.04 Å². The number of hydrogen-bond acceptors (Lipinski definition) is 1. The quantitative estimate of drug-likeness (QED) is 0.672. The molecule has 0 fully saturated rings. The van der Waals surface area contributed by atoms with Crippen molar-refractivity contribution in [1.82, 2.24) is 5.32 Å². The summed E-state index contributed by atoms with van der Waals surface area (Å²) in [7, 11) is 0. The van der Waals surface area contributed by atoms with E-state index < -0.39 is 0 Å². The van der Waals surface area contributed by atoms with Crippen molar-refractivity contribution in [2.45, 2.75) is 26.8 Å². The molecular weight excluding hydrogens is 369 g/mol. The van der Waals surface area contributed by atoms with Crippen LogP contribution < -0.4 is 5.32 Å². The van der Waals surface area contributed by atoms with E-state index in [1.54, 1.807) is 0 Å². The Morgan fingerprint density at radius 2 is 1.76 bits per heavy atom. The van der Waals surface area contributed by atoms with Gasteiger partial charge in [-0.1, -0.05) is 58.2 Å². The highest BCUT2D eigenvalue weighted by molar-refractivity contribution is 9.10. The average molecular weight is 387 g/mol. The standard InChI is InChI=1S/C17H18BrCl2N/c1-4-21-17(13-6-5-12(19)9-15(13)18)14-7-11(3)16(20)8-10(14)2/h5-9,17,21H,4H2,1-3H3. The predicted molar refractivity (Wildman–Crippen MR) is 95.6 cm³/mol. The van der Waals surface area contributed by atoms with Crippen molar-refractivity contribution in [2.75, 3.05) is 6.54 Å². The maximum absolute atomic E-state index is 6.22. The van der Waals surface area contributed by atoms with Gasteiger partial charge in [0, 0.05) is 14.5 Å². The summed E-state index contributed by atoms with van der Waals surface area (Å²) in [6, 6.07) is 10.2. The Morgan fingerprint density at radius 1 is 1.05 bits per heavy atom. The minimum Gasteiger partial charge on any atom is -0.306 e. The first-order valence-corrected chi connectivity index (χ1v) is 8.44. The minimum absolute atomic E-state index is 0.109. The molecule has 0 aliphatic carbocycles. The highest BCUT2D eigenvalue weighted by Crippen LogP contribution is 2.34. The summed E-state index contributed by atoms with van der Waals surface area (Å²) in [4.78, 5) is 0. The van der Waals surface area contributed by atoms with Gasteiger partial charge in [-0.3, -0.25) is 0 Å². The normalized spacial score (nSPS) is 12.5. The number of hydrogen-bond donors (Lipinski definition) is 1. The van der Waals surface area contributed by atoms with Crippen LogP contribution in [-0.4, -0.2) is 6.54 Å². The summed E-state index contributed by atoms with van der Waals surface area (Å²) in [5, 5.41) is 5.08. The Morgan fingerprint density at radius 3 is 2.38 bits per heavy atom. The van der Waals surface area contributed by atoms with Crippen molar-refractivity contribution in [2.24, 2.45) is 0 Å². The molecule has 4 heteroatoms. The van der Waals surface area contributed by atoms with Crippen LogP contribution in [0, 0.1) is 13.8 Å². The zero-order valence-corrected chi connectivity index (χ0v) is 15.4. The first kappa shape index (κ1) is 16.8. The first-order chi connectivity index (χ1) is 9.93. The van der Waals surface area contributed by atoms with E-state index in [0.717, 1.165) is 26.6 Å². The predicted octanol–water partition coefficient (Wildman–Crippen LogP) is 6.07. The molecule has 2 rings (SSSR count). The average Bonchev–Trinajstić information content (AvgIpc) is 2.41. The second-order valence-electron chi connectivity index (χ2n) is 5.11. The minimum atomic E-state index is 0.109. The fraction of sp³-hybridized carbons (Fsp3) is 0.294. The Labute approximate surface area is 144 Å². The van der Waals surface area contributed by atoms with Crippen LogP contribution in [0.2, 0.25) is 10.0 Å². The summed E-state index contributed by atoms with van der Waals surface area (Å²) in [5.41, 5.74) is 4.68. The van der Waals surface area contributed by atoms with Gasteiger partial charge in [-0.2, -0.15) is 0 Å². The molecular formula is C17H18BrCl2N. The largest absolute Gasteiger partial charge is 0.306 e. The van der Waals surface area contributed by atoms with Crippen LogP contribution in [-0.2, 0) is 0 Å². The molecule has 0 saturated carbocycles. The van der Waals surface area contributed by atoms with Crippen molar-refractivity contribution in [3.8, 4) is 0 Å². The van der Waals surface area contributed by atoms with E-state index in [-0.39, 0.29) is 6.04 Å². The second-order valence-corrected chi connectivity index (χ2v) is 6.81. The van der Waals surface area contributed by atoms with Gasteiger partial charge in [0.25, 0.3) is 0 Å². The van der Waals surface area contributed by atoms with E-state index in [1.807, 2.05) is 25.1 Å². The number of nitrogens with one attached hydrogen (secondary N) is 1. The number of rotatable bonds is 4. The molecule has 0 aliphatic heterocycles. The van der Waals surface area contributed by atoms with Gasteiger partial charge < -0.3 is 5.32 Å². The number of benzene rings is 2. The molecule has 2 aromatic rings. The number of halogens is 3. The van der Waals surface area contributed by atoms with Gasteiger partial charge in [0.15, 0.2) is 0 Å². The third kappa shape index (κ3) is 3.81. The molecule has 0 radical (unpaired) electrons. The van der Waals surface area contributed by atoms with E-state index in [2.05, 4.69) is 47.2 Å². The Kier molecular flexibility index (Phi) is 5.73. The highest BCUT2D eigenvalue weighted by atomic mass is 79.9. The zero-order chi connectivity index (χ0) is 15.6. The van der Waals surface area contributed by atoms with Crippen molar-refractivity contribution < 1.29 is 0 Å². The Hall–Kier alpha value is -0.540. The Bertz CT molecular complexity index is 655. The lowest BCUT2D eigenvalue weighted by Crippen LogP contribution is -2.23. The highest BCUT2D eigenvalue weighted by Gasteiger charge is 2.19. The van der Waals surface area contributed by atoms with Crippen LogP contribution in [0.25, 0.3) is 0 Å². The Balaban J connectivity index is 2.55. The monoisotopic (exact) mass is 385 g/mol. The lowest BCUT2D eigenvalue weighted by molar-refractivity contribution is 0.625. The van der Waals surface area contributed by atoms with Crippen LogP contribution in [0.4, 0.5) is 0 Å². The van der Waals surface area contributed by atoms with Crippen LogP contribution in [0.1, 0.15) is 35.2 Å². The van der Waals surface area contributed by atoms with Crippen LogP contribution in [0.3, 0.4) is 0 Å². The second kappa shape index (κ2) is 7.15. The molecule has 21 heavy (non-hydrogen) atoms. The fourth-order valence-electron chi connectivity index (χ4n) is 2.44. The molecule has 0 aromatic heterocycles. The van der Waals surface area contributed by atoms with E-state index in [4.69, 9.17) is 23.2 Å². The smallest absolute Gasteiger partial charge is 0.0590 e. The summed E-state index contributed by atoms with van der Waals surface area (Å²) >= 11 is 15.9. The molecule has 1 N–H and O–H groups in total. The number of aryl methyl sites for hydroxylation is 2. The SMILES string of the molecule is CCNC(c1cc(C)c(Cl)cc1C)c1ccc(Cl)cc1Br. The van der Waals surface area contributed by atoms with Crippen molar-refractivity contribution in [1.29, 1.82) is 0 Å². The summed E-state index contributed by atoms with van der Waals surface area (Å²) in [5.74, 6) is 0. The van der Waals surface area contributed by atoms with Gasteiger partial charge in [-0.25, -0.2) is 0 Å². The van der Waals surface area contributed by atoms with Gasteiger partial charge in [-0.15, -0.1) is 0 Å². The molecule has 2 aromatic carbocycles. The molecule has 0 spiro atoms. The molecule has 0 saturated heterocycles. The first-order valence-electron chi connectivity index (χ1n) is 6.89. The van der Waals surface area contributed by atoms with E-state index in [1.165, 1.54) is 16.7 Å². The van der Waals surface area contributed by atoms with Crippen LogP contribution >= 0.6 is 39.1 Å². The summed E-state index contributed by atoms with van der Waals surface area (Å²) in [6.07, 6.45) is 0. The van der Waals surface area contributed by atoms with Crippen molar-refractivity contribution >= 4 is 39.1 Å². The van der Waals surface area contributed by atoms with Gasteiger partial charge in [0.2, 0.25) is 0 Å². The molecule has 0 amide bonds. The summed E-state index contributed by atoms with van der Waals surface area (Å²) < 4.78 is 1.01. The third-order valence-corrected chi connectivity index (χ3v) is 4.87. The molecule has 0 aliphatic rings. The summed E-state index contributed by atoms with van der Waals surface area (Å²) in [6.45, 7) is 7.11. The van der Waals surface area contributed by atoms with Gasteiger partial charge in [-0.05, 0) is 60.8 Å². The zero-order valence-electron chi connectivity index (χ0n) is 12.3. The molecule has 1 unspecified atom stereocenters. The fourth-order valence-corrected chi connectivity index (χ4v) is 3.57.